The Balaban J connectivity index is -0.0000000724. The highest BCUT2D eigenvalue weighted by Crippen LogP contribution is 2.15. The summed E-state index contributed by atoms with van der Waals surface area (Å²) in [6, 6.07) is 0. The van der Waals surface area contributed by atoms with E-state index < -0.39 is 0 Å². The summed E-state index contributed by atoms with van der Waals surface area (Å²) in [6.07, 6.45) is 15.7. The minimum atomic E-state index is -0.118. The molecule has 0 aromatic heterocycles. The van der Waals surface area contributed by atoms with Crippen LogP contribution in [0, 0.1) is 29.6 Å². The van der Waals surface area contributed by atoms with Crippen LogP contribution in [-0.4, -0.2) is 94.6 Å². The van der Waals surface area contributed by atoms with E-state index in [4.69, 9.17) is 62.2 Å². The molecule has 0 aliphatic carbocycles. The predicted molar refractivity (Wildman–Crippen MR) is 242 cm³/mol. The fourth-order valence-corrected chi connectivity index (χ4v) is 4.57. The van der Waals surface area contributed by atoms with Crippen LogP contribution in [0.3, 0.4) is 0 Å². The lowest BCUT2D eigenvalue weighted by molar-refractivity contribution is -0.193. The van der Waals surface area contributed by atoms with E-state index >= 15 is 0 Å². The van der Waals surface area contributed by atoms with Crippen molar-refractivity contribution in [3.63, 3.8) is 0 Å². The number of carbonyl (C=O) groups is 5. The van der Waals surface area contributed by atoms with Crippen molar-refractivity contribution in [3.05, 3.63) is 0 Å². The molecule has 0 aromatic rings. The third-order valence-corrected chi connectivity index (χ3v) is 8.73. The second-order valence-electron chi connectivity index (χ2n) is 13.4. The molecule has 0 spiro atoms. The van der Waals surface area contributed by atoms with Crippen LogP contribution in [-0.2, 0) is 95.6 Å². The summed E-state index contributed by atoms with van der Waals surface area (Å²) >= 11 is 0. The lowest BCUT2D eigenvalue weighted by Gasteiger charge is -2.13. The van der Waals surface area contributed by atoms with Crippen LogP contribution in [0.25, 0.3) is 0 Å². The number of rotatable bonds is 23. The highest BCUT2D eigenvalue weighted by molar-refractivity contribution is 5.73. The monoisotopic (exact) mass is 983 g/mol. The molecule has 0 amide bonds. The van der Waals surface area contributed by atoms with Gasteiger partial charge in [0.05, 0.1) is 63.6 Å². The number of carbonyl (C=O) groups excluding carboxylic acids is 15. The second kappa shape index (κ2) is 81.4. The minimum absolute atomic E-state index is 0.00870. The van der Waals surface area contributed by atoms with Gasteiger partial charge in [-0.2, -0.15) is 47.9 Å². The van der Waals surface area contributed by atoms with Crippen molar-refractivity contribution in [1.29, 1.82) is 0 Å². The van der Waals surface area contributed by atoms with Crippen molar-refractivity contribution in [3.8, 4) is 0 Å². The summed E-state index contributed by atoms with van der Waals surface area (Å²) in [5.74, 6) is 0.277. The van der Waals surface area contributed by atoms with E-state index in [0.29, 0.717) is 19.8 Å². The standard InChI is InChI=1S/C12H24O2.C10H20O2.C8H16O2.C7H14O2.C6H12O2.5CO2/c1-4-7-9-11(6-3)12(13)14-10-8-5-2;1-4-7-9(6-3)10(11)12-8-5-2;1-4-7(5-2)8(9)10-6-3;1-4-6(5-2)7(8)9-3;1-4-5(2)6(7)8-3;5*2-1-3/h11H,4-10H2,1-3H3;9H,4-8H2,1-3H3;7H,4-6H2,1-3H3;6H,4-5H2,1-3H3;5H,4H2,1-3H3;;;;;. The molecule has 0 aliphatic rings. The highest BCUT2D eigenvalue weighted by atomic mass is 16.5. The van der Waals surface area contributed by atoms with E-state index in [1.807, 2.05) is 62.3 Å². The molecule has 0 radical (unpaired) electrons. The number of methoxy groups -OCH3 is 2. The SMILES string of the molecule is CCC(C)C(=O)OC.CCC(CC)C(=O)OC.CCCCOC(=O)C(CC)CCCC.CCCOC(=O)C(CC)CCC.CCOC(=O)C(CC)CC.O=C=O.O=C=O.O=C=O.O=C=O.O=C=O. The van der Waals surface area contributed by atoms with E-state index in [1.165, 1.54) is 14.2 Å². The lowest BCUT2D eigenvalue weighted by atomic mass is 10.00. The van der Waals surface area contributed by atoms with E-state index in [2.05, 4.69) is 37.2 Å². The smallest absolute Gasteiger partial charge is 0.373 e. The first-order valence-electron chi connectivity index (χ1n) is 22.9. The van der Waals surface area contributed by atoms with Crippen molar-refractivity contribution in [2.75, 3.05) is 34.0 Å². The van der Waals surface area contributed by atoms with Crippen molar-refractivity contribution < 1.29 is 95.6 Å². The van der Waals surface area contributed by atoms with Crippen LogP contribution >= 0.6 is 0 Å². The van der Waals surface area contributed by atoms with Crippen LogP contribution in [0.4, 0.5) is 0 Å². The Labute approximate surface area is 405 Å². The third-order valence-electron chi connectivity index (χ3n) is 8.73. The molecule has 0 aliphatic heterocycles. The van der Waals surface area contributed by atoms with E-state index in [9.17, 15) is 24.0 Å². The lowest BCUT2D eigenvalue weighted by Crippen LogP contribution is -2.17. The number of unbranched alkanes of at least 4 members (excludes halogenated alkanes) is 2. The van der Waals surface area contributed by atoms with Gasteiger partial charge < -0.3 is 23.7 Å². The first-order valence-corrected chi connectivity index (χ1v) is 22.9. The molecular formula is C48H86O20. The molecule has 3 atom stereocenters. The van der Waals surface area contributed by atoms with Gasteiger partial charge in [0.25, 0.3) is 0 Å². The highest BCUT2D eigenvalue weighted by Gasteiger charge is 2.18. The zero-order valence-corrected chi connectivity index (χ0v) is 43.8. The second-order valence-corrected chi connectivity index (χ2v) is 13.4. The maximum absolute atomic E-state index is 11.5. The molecule has 0 bridgehead atoms. The molecule has 398 valence electrons. The minimum Gasteiger partial charge on any atom is -0.469 e. The van der Waals surface area contributed by atoms with Crippen LogP contribution in [0.15, 0.2) is 0 Å². The molecule has 0 saturated heterocycles. The molecule has 0 fully saturated rings. The maximum Gasteiger partial charge on any atom is 0.373 e. The van der Waals surface area contributed by atoms with Gasteiger partial charge in [-0.05, 0) is 77.6 Å². The quantitative estimate of drug-likeness (QED) is 0.0529. The normalized spacial score (nSPS) is 9.66. The van der Waals surface area contributed by atoms with Crippen LogP contribution in [0.2, 0.25) is 0 Å². The van der Waals surface area contributed by atoms with Gasteiger partial charge in [0.1, 0.15) is 0 Å². The molecule has 20 heteroatoms. The average molecular weight is 983 g/mol. The Kier molecular flexibility index (Phi) is 102. The predicted octanol–water partition coefficient (Wildman–Crippen LogP) is 8.18. The molecule has 20 nitrogen and oxygen atoms in total. The summed E-state index contributed by atoms with van der Waals surface area (Å²) in [5.41, 5.74) is 0. The van der Waals surface area contributed by atoms with Gasteiger partial charge in [-0.3, -0.25) is 24.0 Å². The van der Waals surface area contributed by atoms with Crippen molar-refractivity contribution in [1.82, 2.24) is 0 Å². The van der Waals surface area contributed by atoms with Crippen LogP contribution in [0.5, 0.6) is 0 Å². The maximum atomic E-state index is 11.5. The summed E-state index contributed by atoms with van der Waals surface area (Å²) in [5, 5.41) is 0. The summed E-state index contributed by atoms with van der Waals surface area (Å²) in [4.78, 5) is 136. The van der Waals surface area contributed by atoms with Gasteiger partial charge in [-0.25, -0.2) is 0 Å². The number of esters is 5. The zero-order chi connectivity index (χ0) is 55.6. The largest absolute Gasteiger partial charge is 0.469 e. The van der Waals surface area contributed by atoms with Gasteiger partial charge in [0, 0.05) is 0 Å². The molecule has 0 heterocycles. The topological polar surface area (TPSA) is 302 Å². The fourth-order valence-electron chi connectivity index (χ4n) is 4.57. The molecular weight excluding hydrogens is 897 g/mol. The molecule has 0 saturated carbocycles. The number of ether oxygens (including phenoxy) is 5. The first kappa shape index (κ1) is 85.5. The Bertz CT molecular complexity index is 1210. The number of hydrogen-bond acceptors (Lipinski definition) is 20. The van der Waals surface area contributed by atoms with Crippen LogP contribution in [0.1, 0.15) is 186 Å². The Morgan fingerprint density at radius 3 is 0.897 bits per heavy atom. The Morgan fingerprint density at radius 1 is 0.353 bits per heavy atom. The van der Waals surface area contributed by atoms with E-state index in [-0.39, 0.29) is 90.2 Å². The van der Waals surface area contributed by atoms with Gasteiger partial charge in [0.2, 0.25) is 0 Å². The van der Waals surface area contributed by atoms with Gasteiger partial charge in [-0.1, -0.05) is 109 Å². The van der Waals surface area contributed by atoms with Gasteiger partial charge in [0.15, 0.2) is 0 Å². The molecule has 3 unspecified atom stereocenters. The molecule has 68 heavy (non-hydrogen) atoms. The third kappa shape index (κ3) is 80.5. The first-order chi connectivity index (χ1) is 32.3. The van der Waals surface area contributed by atoms with Crippen molar-refractivity contribution >= 4 is 60.6 Å². The van der Waals surface area contributed by atoms with Crippen LogP contribution < -0.4 is 0 Å². The molecule has 0 N–H and O–H groups in total. The summed E-state index contributed by atoms with van der Waals surface area (Å²) in [6.45, 7) is 27.7. The van der Waals surface area contributed by atoms with E-state index in [0.717, 1.165) is 96.3 Å². The van der Waals surface area contributed by atoms with Crippen molar-refractivity contribution in [2.45, 2.75) is 186 Å². The van der Waals surface area contributed by atoms with Gasteiger partial charge >= 0.3 is 60.6 Å². The average Bonchev–Trinajstić information content (AvgIpc) is 3.32. The Morgan fingerprint density at radius 2 is 0.662 bits per heavy atom. The molecule has 0 aromatic carbocycles. The summed E-state index contributed by atoms with van der Waals surface area (Å²) < 4.78 is 24.1. The van der Waals surface area contributed by atoms with Gasteiger partial charge in [-0.15, -0.1) is 0 Å². The number of hydrogen-bond donors (Lipinski definition) is 0. The fraction of sp³-hybridized carbons (Fsp3) is 0.792. The van der Waals surface area contributed by atoms with Crippen molar-refractivity contribution in [2.24, 2.45) is 29.6 Å². The van der Waals surface area contributed by atoms with E-state index in [1.54, 1.807) is 0 Å². The summed E-state index contributed by atoms with van der Waals surface area (Å²) in [7, 11) is 2.84. The Hall–Kier alpha value is -5.75. The zero-order valence-electron chi connectivity index (χ0n) is 43.8. The molecule has 0 rings (SSSR count).